The van der Waals surface area contributed by atoms with Crippen LogP contribution in [-0.4, -0.2) is 34.3 Å². The average Bonchev–Trinajstić information content (AvgIpc) is 3.26. The Labute approximate surface area is 185 Å². The van der Waals surface area contributed by atoms with E-state index in [9.17, 15) is 14.9 Å². The predicted molar refractivity (Wildman–Crippen MR) is 119 cm³/mol. The van der Waals surface area contributed by atoms with E-state index in [1.54, 1.807) is 13.2 Å². The van der Waals surface area contributed by atoms with E-state index in [2.05, 4.69) is 10.4 Å². The lowest BCUT2D eigenvalue weighted by Crippen LogP contribution is -2.25. The molecule has 0 aliphatic heterocycles. The summed E-state index contributed by atoms with van der Waals surface area (Å²) in [6.07, 6.45) is 5.62. The Morgan fingerprint density at radius 2 is 2.06 bits per heavy atom. The van der Waals surface area contributed by atoms with Crippen LogP contribution in [-0.2, 0) is 17.9 Å². The molecule has 9 heteroatoms. The van der Waals surface area contributed by atoms with E-state index in [1.807, 2.05) is 49.4 Å². The number of nitro groups is 1. The summed E-state index contributed by atoms with van der Waals surface area (Å²) >= 11 is 0. The van der Waals surface area contributed by atoms with Crippen LogP contribution in [0.2, 0.25) is 0 Å². The molecule has 0 aliphatic carbocycles. The Morgan fingerprint density at radius 1 is 1.25 bits per heavy atom. The number of rotatable bonds is 10. The fourth-order valence-electron chi connectivity index (χ4n) is 2.98. The van der Waals surface area contributed by atoms with Gasteiger partial charge in [-0.05, 0) is 42.3 Å². The minimum atomic E-state index is -0.514. The summed E-state index contributed by atoms with van der Waals surface area (Å²) < 4.78 is 12.8. The molecule has 32 heavy (non-hydrogen) atoms. The highest BCUT2D eigenvalue weighted by Crippen LogP contribution is 2.24. The van der Waals surface area contributed by atoms with Crippen LogP contribution in [0.25, 0.3) is 6.08 Å². The van der Waals surface area contributed by atoms with E-state index < -0.39 is 4.92 Å². The minimum absolute atomic E-state index is 0.0852. The van der Waals surface area contributed by atoms with Gasteiger partial charge in [0.25, 0.3) is 0 Å². The number of aromatic nitrogens is 2. The van der Waals surface area contributed by atoms with Crippen molar-refractivity contribution in [1.82, 2.24) is 15.1 Å². The van der Waals surface area contributed by atoms with Crippen molar-refractivity contribution >= 4 is 17.7 Å². The lowest BCUT2D eigenvalue weighted by atomic mass is 10.1. The second kappa shape index (κ2) is 10.8. The molecule has 0 fully saturated rings. The molecule has 0 radical (unpaired) electrons. The van der Waals surface area contributed by atoms with Crippen molar-refractivity contribution in [2.75, 3.05) is 13.7 Å². The highest BCUT2D eigenvalue weighted by atomic mass is 16.6. The first-order chi connectivity index (χ1) is 15.5. The van der Waals surface area contributed by atoms with Gasteiger partial charge in [0.2, 0.25) is 5.91 Å². The Kier molecular flexibility index (Phi) is 7.58. The monoisotopic (exact) mass is 436 g/mol. The Bertz CT molecular complexity index is 1120. The van der Waals surface area contributed by atoms with E-state index in [4.69, 9.17) is 9.47 Å². The van der Waals surface area contributed by atoms with Gasteiger partial charge in [-0.3, -0.25) is 19.6 Å². The van der Waals surface area contributed by atoms with Crippen LogP contribution in [0.5, 0.6) is 11.5 Å². The summed E-state index contributed by atoms with van der Waals surface area (Å²) in [5.74, 6) is 1.23. The molecule has 2 aromatic carbocycles. The van der Waals surface area contributed by atoms with Gasteiger partial charge in [0.1, 0.15) is 30.5 Å². The summed E-state index contributed by atoms with van der Waals surface area (Å²) in [5.41, 5.74) is 2.65. The third-order valence-corrected chi connectivity index (χ3v) is 4.68. The molecule has 0 spiro atoms. The summed E-state index contributed by atoms with van der Waals surface area (Å²) in [6, 6.07) is 13.4. The summed E-state index contributed by atoms with van der Waals surface area (Å²) in [6.45, 7) is 2.94. The fourth-order valence-corrected chi connectivity index (χ4v) is 2.98. The zero-order chi connectivity index (χ0) is 22.9. The highest BCUT2D eigenvalue weighted by Gasteiger charge is 2.09. The lowest BCUT2D eigenvalue weighted by molar-refractivity contribution is -0.385. The molecule has 9 nitrogen and oxygen atoms in total. The SMILES string of the molecule is COc1ccc(/C=C/C(=O)NCCn2cc([N+](=O)[O-])cn2)cc1COc1ccccc1C. The van der Waals surface area contributed by atoms with Crippen molar-refractivity contribution in [3.8, 4) is 11.5 Å². The molecule has 1 N–H and O–H groups in total. The minimum Gasteiger partial charge on any atom is -0.496 e. The molecule has 1 heterocycles. The van der Waals surface area contributed by atoms with Gasteiger partial charge in [-0.2, -0.15) is 5.10 Å². The Hall–Kier alpha value is -4.14. The van der Waals surface area contributed by atoms with Crippen LogP contribution in [0.4, 0.5) is 5.69 Å². The smallest absolute Gasteiger partial charge is 0.306 e. The maximum absolute atomic E-state index is 12.1. The number of aryl methyl sites for hydroxylation is 1. The first-order valence-corrected chi connectivity index (χ1v) is 9.94. The van der Waals surface area contributed by atoms with Crippen LogP contribution in [0.15, 0.2) is 60.9 Å². The maximum atomic E-state index is 12.1. The van der Waals surface area contributed by atoms with E-state index in [0.29, 0.717) is 25.4 Å². The van der Waals surface area contributed by atoms with E-state index >= 15 is 0 Å². The van der Waals surface area contributed by atoms with Crippen LogP contribution < -0.4 is 14.8 Å². The molecule has 0 saturated heterocycles. The molecule has 0 bridgehead atoms. The van der Waals surface area contributed by atoms with Crippen LogP contribution in [0, 0.1) is 17.0 Å². The zero-order valence-corrected chi connectivity index (χ0v) is 17.9. The first kappa shape index (κ1) is 22.5. The second-order valence-electron chi connectivity index (χ2n) is 6.97. The van der Waals surface area contributed by atoms with Crippen molar-refractivity contribution in [2.45, 2.75) is 20.1 Å². The second-order valence-corrected chi connectivity index (χ2v) is 6.97. The van der Waals surface area contributed by atoms with E-state index in [-0.39, 0.29) is 11.6 Å². The van der Waals surface area contributed by atoms with Crippen molar-refractivity contribution in [3.63, 3.8) is 0 Å². The standard InChI is InChI=1S/C23H24N4O5/c1-17-5-3-4-6-21(17)32-16-19-13-18(7-9-22(19)31-2)8-10-23(28)24-11-12-26-15-20(14-25-26)27(29)30/h3-10,13-15H,11-12,16H2,1-2H3,(H,24,28)/b10-8+. The normalized spacial score (nSPS) is 10.8. The molecule has 3 rings (SSSR count). The highest BCUT2D eigenvalue weighted by molar-refractivity contribution is 5.91. The predicted octanol–water partition coefficient (Wildman–Crippen LogP) is 3.52. The van der Waals surface area contributed by atoms with Gasteiger partial charge < -0.3 is 14.8 Å². The van der Waals surface area contributed by atoms with Gasteiger partial charge in [-0.15, -0.1) is 0 Å². The van der Waals surface area contributed by atoms with Crippen molar-refractivity contribution in [2.24, 2.45) is 0 Å². The zero-order valence-electron chi connectivity index (χ0n) is 17.9. The topological polar surface area (TPSA) is 109 Å². The Balaban J connectivity index is 1.56. The van der Waals surface area contributed by atoms with Crippen LogP contribution in [0.1, 0.15) is 16.7 Å². The molecule has 0 aliphatic rings. The average molecular weight is 436 g/mol. The number of carbonyl (C=O) groups is 1. The number of amides is 1. The summed E-state index contributed by atoms with van der Waals surface area (Å²) in [5, 5.41) is 17.3. The van der Waals surface area contributed by atoms with Gasteiger partial charge in [-0.1, -0.05) is 24.3 Å². The fraction of sp³-hybridized carbons (Fsp3) is 0.217. The van der Waals surface area contributed by atoms with Gasteiger partial charge in [-0.25, -0.2) is 0 Å². The molecule has 1 amide bonds. The van der Waals surface area contributed by atoms with Crippen LogP contribution in [0.3, 0.4) is 0 Å². The van der Waals surface area contributed by atoms with Gasteiger partial charge in [0, 0.05) is 18.2 Å². The number of nitrogens with one attached hydrogen (secondary N) is 1. The largest absolute Gasteiger partial charge is 0.496 e. The summed E-state index contributed by atoms with van der Waals surface area (Å²) in [7, 11) is 1.60. The van der Waals surface area contributed by atoms with Gasteiger partial charge in [0.15, 0.2) is 0 Å². The molecule has 1 aromatic heterocycles. The molecule has 0 saturated carbocycles. The number of hydrogen-bond acceptors (Lipinski definition) is 6. The first-order valence-electron chi connectivity index (χ1n) is 9.94. The van der Waals surface area contributed by atoms with Crippen LogP contribution >= 0.6 is 0 Å². The van der Waals surface area contributed by atoms with Crippen molar-refractivity contribution in [1.29, 1.82) is 0 Å². The molecule has 0 atom stereocenters. The molecular weight excluding hydrogens is 412 g/mol. The van der Waals surface area contributed by atoms with Gasteiger partial charge in [0.05, 0.1) is 18.6 Å². The van der Waals surface area contributed by atoms with E-state index in [1.165, 1.54) is 23.2 Å². The van der Waals surface area contributed by atoms with Gasteiger partial charge >= 0.3 is 5.69 Å². The maximum Gasteiger partial charge on any atom is 0.306 e. The lowest BCUT2D eigenvalue weighted by Gasteiger charge is -2.12. The number of ether oxygens (including phenoxy) is 2. The number of hydrogen-bond donors (Lipinski definition) is 1. The third kappa shape index (κ3) is 6.18. The number of methoxy groups -OCH3 is 1. The van der Waals surface area contributed by atoms with Crippen molar-refractivity contribution < 1.29 is 19.2 Å². The summed E-state index contributed by atoms with van der Waals surface area (Å²) in [4.78, 5) is 22.2. The number of nitrogens with zero attached hydrogens (tertiary/aromatic N) is 3. The molecular formula is C23H24N4O5. The molecule has 166 valence electrons. The Morgan fingerprint density at radius 3 is 2.78 bits per heavy atom. The number of para-hydroxylation sites is 1. The third-order valence-electron chi connectivity index (χ3n) is 4.68. The van der Waals surface area contributed by atoms with E-state index in [0.717, 1.165) is 22.4 Å². The number of carbonyl (C=O) groups excluding carboxylic acids is 1. The van der Waals surface area contributed by atoms with Crippen molar-refractivity contribution in [3.05, 3.63) is 87.7 Å². The number of benzene rings is 2. The quantitative estimate of drug-likeness (QED) is 0.296. The molecule has 0 unspecified atom stereocenters. The molecule has 3 aromatic rings.